The van der Waals surface area contributed by atoms with Gasteiger partial charge in [-0.2, -0.15) is 0 Å². The van der Waals surface area contributed by atoms with Gasteiger partial charge in [0.15, 0.2) is 0 Å². The van der Waals surface area contributed by atoms with Gasteiger partial charge in [-0.1, -0.05) is 6.07 Å². The summed E-state index contributed by atoms with van der Waals surface area (Å²) in [6.45, 7) is 1.09. The number of sulfonamides is 1. The fraction of sp³-hybridized carbons (Fsp3) is 0.235. The maximum absolute atomic E-state index is 13.0. The van der Waals surface area contributed by atoms with E-state index >= 15 is 0 Å². The van der Waals surface area contributed by atoms with Crippen LogP contribution in [0.4, 0.5) is 5.69 Å². The van der Waals surface area contributed by atoms with E-state index in [-0.39, 0.29) is 16.3 Å². The van der Waals surface area contributed by atoms with E-state index in [2.05, 4.69) is 0 Å². The van der Waals surface area contributed by atoms with E-state index < -0.39 is 22.5 Å². The number of thioether (sulfide) groups is 1. The minimum atomic E-state index is -4.06. The molecular weight excluding hydrogens is 362 g/mol. The summed E-state index contributed by atoms with van der Waals surface area (Å²) in [7, 11) is -2.65. The number of methoxy groups -OCH3 is 1. The molecule has 2 rings (SSSR count). The molecule has 25 heavy (non-hydrogen) atoms. The zero-order chi connectivity index (χ0) is 18.6. The van der Waals surface area contributed by atoms with Crippen LogP contribution in [0, 0.1) is 6.92 Å². The number of hydrogen-bond donors (Lipinski definition) is 1. The lowest BCUT2D eigenvalue weighted by Crippen LogP contribution is -2.36. The van der Waals surface area contributed by atoms with Crippen LogP contribution in [0.2, 0.25) is 0 Å². The average Bonchev–Trinajstić information content (AvgIpc) is 2.59. The Kier molecular flexibility index (Phi) is 5.97. The van der Waals surface area contributed by atoms with Gasteiger partial charge >= 0.3 is 5.97 Å². The number of carboxylic acid groups (broad SMARTS) is 1. The summed E-state index contributed by atoms with van der Waals surface area (Å²) in [6, 6.07) is 11.3. The van der Waals surface area contributed by atoms with Crippen molar-refractivity contribution in [1.82, 2.24) is 0 Å². The second kappa shape index (κ2) is 7.79. The second-order valence-electron chi connectivity index (χ2n) is 5.26. The van der Waals surface area contributed by atoms with Crippen LogP contribution >= 0.6 is 11.8 Å². The van der Waals surface area contributed by atoms with Gasteiger partial charge in [0, 0.05) is 4.90 Å². The molecule has 0 spiro atoms. The Balaban J connectivity index is 2.60. The number of aliphatic carboxylic acids is 1. The molecule has 0 heterocycles. The molecule has 0 amide bonds. The summed E-state index contributed by atoms with van der Waals surface area (Å²) < 4.78 is 32.2. The number of anilines is 1. The summed E-state index contributed by atoms with van der Waals surface area (Å²) in [6.07, 6.45) is 1.89. The standard InChI is InChI=1S/C17H19NO5S2/c1-12-4-9-16(23-2)15(10-12)18(11-17(19)20)25(21,22)14-7-5-13(24-3)6-8-14/h4-10H,11H2,1-3H3,(H,19,20). The molecule has 1 N–H and O–H groups in total. The van der Waals surface area contributed by atoms with Gasteiger partial charge in [-0.25, -0.2) is 8.42 Å². The quantitative estimate of drug-likeness (QED) is 0.742. The lowest BCUT2D eigenvalue weighted by molar-refractivity contribution is -0.135. The van der Waals surface area contributed by atoms with Crippen molar-refractivity contribution in [1.29, 1.82) is 0 Å². The number of benzene rings is 2. The van der Waals surface area contributed by atoms with Crippen LogP contribution in [0.15, 0.2) is 52.3 Å². The fourth-order valence-corrected chi connectivity index (χ4v) is 4.12. The molecule has 0 aliphatic heterocycles. The van der Waals surface area contributed by atoms with E-state index in [0.29, 0.717) is 0 Å². The molecule has 0 radical (unpaired) electrons. The van der Waals surface area contributed by atoms with Crippen LogP contribution in [0.1, 0.15) is 5.56 Å². The van der Waals surface area contributed by atoms with Gasteiger partial charge in [-0.3, -0.25) is 9.10 Å². The molecule has 0 aromatic heterocycles. The van der Waals surface area contributed by atoms with Crippen LogP contribution in [-0.4, -0.2) is 39.4 Å². The summed E-state index contributed by atoms with van der Waals surface area (Å²) >= 11 is 1.49. The summed E-state index contributed by atoms with van der Waals surface area (Å²) in [5, 5.41) is 9.22. The molecule has 0 bridgehead atoms. The van der Waals surface area contributed by atoms with E-state index in [0.717, 1.165) is 14.8 Å². The van der Waals surface area contributed by atoms with Gasteiger partial charge < -0.3 is 9.84 Å². The molecule has 2 aromatic rings. The van der Waals surface area contributed by atoms with Crippen LogP contribution in [0.3, 0.4) is 0 Å². The van der Waals surface area contributed by atoms with Gasteiger partial charge in [0.25, 0.3) is 10.0 Å². The van der Waals surface area contributed by atoms with Gasteiger partial charge in [-0.05, 0) is 55.1 Å². The highest BCUT2D eigenvalue weighted by Crippen LogP contribution is 2.33. The Morgan fingerprint density at radius 1 is 1.20 bits per heavy atom. The van der Waals surface area contributed by atoms with Crippen LogP contribution < -0.4 is 9.04 Å². The maximum atomic E-state index is 13.0. The molecule has 0 aliphatic rings. The molecule has 0 aliphatic carbocycles. The first-order chi connectivity index (χ1) is 11.8. The maximum Gasteiger partial charge on any atom is 0.324 e. The van der Waals surface area contributed by atoms with Gasteiger partial charge in [-0.15, -0.1) is 11.8 Å². The van der Waals surface area contributed by atoms with Crippen molar-refractivity contribution >= 4 is 33.4 Å². The van der Waals surface area contributed by atoms with E-state index in [1.165, 1.54) is 31.0 Å². The molecule has 0 fully saturated rings. The molecule has 6 nitrogen and oxygen atoms in total. The minimum absolute atomic E-state index is 0.0232. The van der Waals surface area contributed by atoms with Crippen LogP contribution in [0.25, 0.3) is 0 Å². The lowest BCUT2D eigenvalue weighted by atomic mass is 10.2. The first-order valence-corrected chi connectivity index (χ1v) is 9.99. The average molecular weight is 381 g/mol. The monoisotopic (exact) mass is 381 g/mol. The van der Waals surface area contributed by atoms with Gasteiger partial charge in [0.05, 0.1) is 17.7 Å². The zero-order valence-corrected chi connectivity index (χ0v) is 15.7. The third-order valence-corrected chi connectivity index (χ3v) is 6.05. The predicted octanol–water partition coefficient (Wildman–Crippen LogP) is 3.01. The Labute approximate surface area is 151 Å². The highest BCUT2D eigenvalue weighted by Gasteiger charge is 2.29. The van der Waals surface area contributed by atoms with Crippen molar-refractivity contribution in [2.75, 3.05) is 24.2 Å². The highest BCUT2D eigenvalue weighted by molar-refractivity contribution is 7.98. The molecule has 134 valence electrons. The molecule has 0 saturated carbocycles. The number of ether oxygens (including phenoxy) is 1. The molecule has 0 unspecified atom stereocenters. The van der Waals surface area contributed by atoms with Gasteiger partial charge in [0.1, 0.15) is 12.3 Å². The number of aryl methyl sites for hydroxylation is 1. The lowest BCUT2D eigenvalue weighted by Gasteiger charge is -2.25. The fourth-order valence-electron chi connectivity index (χ4n) is 2.29. The van der Waals surface area contributed by atoms with Gasteiger partial charge in [0.2, 0.25) is 0 Å². The Morgan fingerprint density at radius 2 is 1.84 bits per heavy atom. The first-order valence-electron chi connectivity index (χ1n) is 7.33. The highest BCUT2D eigenvalue weighted by atomic mass is 32.2. The smallest absolute Gasteiger partial charge is 0.324 e. The number of carbonyl (C=O) groups is 1. The third kappa shape index (κ3) is 4.26. The minimum Gasteiger partial charge on any atom is -0.495 e. The van der Waals surface area contributed by atoms with Crippen molar-refractivity contribution in [3.8, 4) is 5.75 Å². The van der Waals surface area contributed by atoms with Crippen molar-refractivity contribution in [3.05, 3.63) is 48.0 Å². The number of rotatable bonds is 7. The Hall–Kier alpha value is -2.19. The predicted molar refractivity (Wildman–Crippen MR) is 98.1 cm³/mol. The SMILES string of the molecule is COc1ccc(C)cc1N(CC(=O)O)S(=O)(=O)c1ccc(SC)cc1. The molecule has 2 aromatic carbocycles. The third-order valence-electron chi connectivity index (χ3n) is 3.53. The Bertz CT molecular complexity index is 863. The summed E-state index contributed by atoms with van der Waals surface area (Å²) in [4.78, 5) is 12.2. The molecule has 0 saturated heterocycles. The Morgan fingerprint density at radius 3 is 2.36 bits per heavy atom. The van der Waals surface area contributed by atoms with Crippen molar-refractivity contribution in [2.45, 2.75) is 16.7 Å². The normalized spacial score (nSPS) is 11.2. The summed E-state index contributed by atoms with van der Waals surface area (Å²) in [5.41, 5.74) is 0.984. The van der Waals surface area contributed by atoms with E-state index in [9.17, 15) is 18.3 Å². The largest absolute Gasteiger partial charge is 0.495 e. The number of hydrogen-bond acceptors (Lipinski definition) is 5. The molecule has 8 heteroatoms. The molecular formula is C17H19NO5S2. The second-order valence-corrected chi connectivity index (χ2v) is 8.00. The molecule has 0 atom stereocenters. The van der Waals surface area contributed by atoms with E-state index in [1.807, 2.05) is 6.26 Å². The van der Waals surface area contributed by atoms with E-state index in [1.54, 1.807) is 37.3 Å². The van der Waals surface area contributed by atoms with Crippen LogP contribution in [-0.2, 0) is 14.8 Å². The van der Waals surface area contributed by atoms with Crippen molar-refractivity contribution in [2.24, 2.45) is 0 Å². The number of nitrogens with zero attached hydrogens (tertiary/aromatic N) is 1. The first kappa shape index (κ1) is 19.1. The zero-order valence-electron chi connectivity index (χ0n) is 14.1. The summed E-state index contributed by atoms with van der Waals surface area (Å²) in [5.74, 6) is -0.968. The van der Waals surface area contributed by atoms with Crippen molar-refractivity contribution < 1.29 is 23.1 Å². The number of carboxylic acids is 1. The van der Waals surface area contributed by atoms with Crippen molar-refractivity contribution in [3.63, 3.8) is 0 Å². The van der Waals surface area contributed by atoms with E-state index in [4.69, 9.17) is 4.74 Å². The van der Waals surface area contributed by atoms with Crippen LogP contribution in [0.5, 0.6) is 5.75 Å². The topological polar surface area (TPSA) is 83.9 Å².